The summed E-state index contributed by atoms with van der Waals surface area (Å²) in [4.78, 5) is 0. The minimum atomic E-state index is -2.87. The van der Waals surface area contributed by atoms with Crippen LogP contribution in [-0.4, -0.2) is 19.4 Å². The highest BCUT2D eigenvalue weighted by Crippen LogP contribution is 2.48. The van der Waals surface area contributed by atoms with Gasteiger partial charge in [0.2, 0.25) is 0 Å². The summed E-state index contributed by atoms with van der Waals surface area (Å²) in [6.07, 6.45) is 5.42. The lowest BCUT2D eigenvalue weighted by Gasteiger charge is -2.16. The summed E-state index contributed by atoms with van der Waals surface area (Å²) < 4.78 is 35.5. The summed E-state index contributed by atoms with van der Waals surface area (Å²) in [5.41, 5.74) is 1.16. The Balaban J connectivity index is 2.16. The van der Waals surface area contributed by atoms with E-state index in [0.717, 1.165) is 37.7 Å². The number of halogens is 1. The van der Waals surface area contributed by atoms with Crippen LogP contribution in [0.2, 0.25) is 0 Å². The molecule has 0 aliphatic heterocycles. The SMILES string of the molecule is CCOP(=O)(CCCCCCc1ccc(F)cc1)OCC. The van der Waals surface area contributed by atoms with E-state index in [1.54, 1.807) is 0 Å². The number of benzene rings is 1. The normalized spacial score (nSPS) is 11.8. The maximum absolute atomic E-state index is 12.8. The minimum absolute atomic E-state index is 0.193. The van der Waals surface area contributed by atoms with E-state index in [9.17, 15) is 8.96 Å². The highest BCUT2D eigenvalue weighted by molar-refractivity contribution is 7.53. The third-order valence-electron chi connectivity index (χ3n) is 3.21. The van der Waals surface area contributed by atoms with E-state index in [1.165, 1.54) is 12.1 Å². The van der Waals surface area contributed by atoms with Crippen LogP contribution in [0.15, 0.2) is 24.3 Å². The molecule has 0 fully saturated rings. The van der Waals surface area contributed by atoms with E-state index >= 15 is 0 Å². The highest BCUT2D eigenvalue weighted by Gasteiger charge is 2.22. The van der Waals surface area contributed by atoms with E-state index in [-0.39, 0.29) is 5.82 Å². The fourth-order valence-electron chi connectivity index (χ4n) is 2.20. The van der Waals surface area contributed by atoms with E-state index < -0.39 is 7.60 Å². The van der Waals surface area contributed by atoms with E-state index in [4.69, 9.17) is 9.05 Å². The van der Waals surface area contributed by atoms with Gasteiger partial charge in [0, 0.05) is 0 Å². The lowest BCUT2D eigenvalue weighted by Crippen LogP contribution is -2.00. The van der Waals surface area contributed by atoms with Gasteiger partial charge in [-0.25, -0.2) is 4.39 Å². The smallest absolute Gasteiger partial charge is 0.309 e. The Labute approximate surface area is 127 Å². The van der Waals surface area contributed by atoms with Crippen LogP contribution in [0.1, 0.15) is 45.1 Å². The van der Waals surface area contributed by atoms with Gasteiger partial charge in [0.15, 0.2) is 0 Å². The van der Waals surface area contributed by atoms with Crippen LogP contribution in [0.3, 0.4) is 0 Å². The molecular weight excluding hydrogens is 290 g/mol. The first kappa shape index (κ1) is 18.3. The molecule has 0 spiro atoms. The van der Waals surface area contributed by atoms with Crippen LogP contribution in [0.4, 0.5) is 4.39 Å². The summed E-state index contributed by atoms with van der Waals surface area (Å²) in [6.45, 7) is 4.49. The molecule has 1 aromatic rings. The molecule has 120 valence electrons. The second-order valence-electron chi connectivity index (χ2n) is 4.96. The fraction of sp³-hybridized carbons (Fsp3) is 0.625. The zero-order chi connectivity index (χ0) is 15.6. The predicted octanol–water partition coefficient (Wildman–Crippen LogP) is 5.19. The Morgan fingerprint density at radius 2 is 1.52 bits per heavy atom. The molecule has 0 N–H and O–H groups in total. The van der Waals surface area contributed by atoms with Crippen molar-refractivity contribution in [1.29, 1.82) is 0 Å². The Morgan fingerprint density at radius 3 is 2.10 bits per heavy atom. The Morgan fingerprint density at radius 1 is 0.952 bits per heavy atom. The maximum atomic E-state index is 12.8. The standard InChI is InChI=1S/C16H26FO3P/c1-3-19-21(18,20-4-2)14-8-6-5-7-9-15-10-12-16(17)13-11-15/h10-13H,3-9,14H2,1-2H3. The van der Waals surface area contributed by atoms with Crippen LogP contribution in [0.25, 0.3) is 0 Å². The average Bonchev–Trinajstić information content (AvgIpc) is 2.45. The lowest BCUT2D eigenvalue weighted by molar-refractivity contribution is 0.219. The van der Waals surface area contributed by atoms with Gasteiger partial charge in [-0.3, -0.25) is 4.57 Å². The number of unbranched alkanes of at least 4 members (excludes halogenated alkanes) is 3. The molecule has 0 saturated heterocycles. The molecule has 0 amide bonds. The second kappa shape index (κ2) is 10.1. The second-order valence-corrected chi connectivity index (χ2v) is 7.15. The molecule has 0 radical (unpaired) electrons. The predicted molar refractivity (Wildman–Crippen MR) is 84.3 cm³/mol. The van der Waals surface area contributed by atoms with Crippen molar-refractivity contribution in [3.63, 3.8) is 0 Å². The molecule has 5 heteroatoms. The zero-order valence-electron chi connectivity index (χ0n) is 13.0. The van der Waals surface area contributed by atoms with Crippen LogP contribution in [0, 0.1) is 5.82 Å². The monoisotopic (exact) mass is 316 g/mol. The third kappa shape index (κ3) is 7.75. The Bertz CT molecular complexity index is 424. The number of hydrogen-bond acceptors (Lipinski definition) is 3. The van der Waals surface area contributed by atoms with Crippen molar-refractivity contribution in [2.24, 2.45) is 0 Å². The molecule has 1 aromatic carbocycles. The van der Waals surface area contributed by atoms with Gasteiger partial charge in [0.25, 0.3) is 0 Å². The van der Waals surface area contributed by atoms with Crippen molar-refractivity contribution in [3.8, 4) is 0 Å². The van der Waals surface area contributed by atoms with Crippen LogP contribution in [0.5, 0.6) is 0 Å². The first-order chi connectivity index (χ1) is 10.1. The van der Waals surface area contributed by atoms with Crippen molar-refractivity contribution < 1.29 is 18.0 Å². The molecule has 0 aromatic heterocycles. The third-order valence-corrected chi connectivity index (χ3v) is 5.38. The Hall–Kier alpha value is -0.700. The van der Waals surface area contributed by atoms with Gasteiger partial charge < -0.3 is 9.05 Å². The number of rotatable bonds is 11. The molecule has 0 atom stereocenters. The fourth-order valence-corrected chi connectivity index (χ4v) is 3.93. The summed E-state index contributed by atoms with van der Waals surface area (Å²) in [7, 11) is -2.87. The molecule has 0 bridgehead atoms. The van der Waals surface area contributed by atoms with Crippen molar-refractivity contribution in [1.82, 2.24) is 0 Å². The molecule has 1 rings (SSSR count). The zero-order valence-corrected chi connectivity index (χ0v) is 13.9. The van der Waals surface area contributed by atoms with Gasteiger partial charge in [-0.15, -0.1) is 0 Å². The van der Waals surface area contributed by atoms with Gasteiger partial charge in [0.1, 0.15) is 5.82 Å². The lowest BCUT2D eigenvalue weighted by atomic mass is 10.1. The molecular formula is C16H26FO3P. The summed E-state index contributed by atoms with van der Waals surface area (Å²) in [6, 6.07) is 6.65. The van der Waals surface area contributed by atoms with Gasteiger partial charge in [-0.05, 0) is 50.8 Å². The first-order valence-electron chi connectivity index (χ1n) is 7.72. The summed E-state index contributed by atoms with van der Waals surface area (Å²) in [5.74, 6) is -0.193. The molecule has 21 heavy (non-hydrogen) atoms. The van der Waals surface area contributed by atoms with Gasteiger partial charge in [-0.1, -0.05) is 25.0 Å². The topological polar surface area (TPSA) is 35.5 Å². The summed E-state index contributed by atoms with van der Waals surface area (Å²) >= 11 is 0. The van der Waals surface area contributed by atoms with Gasteiger partial charge >= 0.3 is 7.60 Å². The molecule has 0 aliphatic carbocycles. The Kier molecular flexibility index (Phi) is 8.82. The molecule has 0 aliphatic rings. The van der Waals surface area contributed by atoms with Crippen molar-refractivity contribution in [3.05, 3.63) is 35.6 Å². The first-order valence-corrected chi connectivity index (χ1v) is 9.45. The molecule has 0 saturated carbocycles. The van der Waals surface area contributed by atoms with Gasteiger partial charge in [-0.2, -0.15) is 0 Å². The average molecular weight is 316 g/mol. The minimum Gasteiger partial charge on any atom is -0.309 e. The van der Waals surface area contributed by atoms with E-state index in [2.05, 4.69) is 0 Å². The molecule has 0 unspecified atom stereocenters. The van der Waals surface area contributed by atoms with Crippen molar-refractivity contribution in [2.45, 2.75) is 46.0 Å². The number of aryl methyl sites for hydroxylation is 1. The van der Waals surface area contributed by atoms with Crippen molar-refractivity contribution in [2.75, 3.05) is 19.4 Å². The van der Waals surface area contributed by atoms with E-state index in [1.807, 2.05) is 26.0 Å². The van der Waals surface area contributed by atoms with Gasteiger partial charge in [0.05, 0.1) is 19.4 Å². The largest absolute Gasteiger partial charge is 0.330 e. The van der Waals surface area contributed by atoms with E-state index in [0.29, 0.717) is 19.4 Å². The summed E-state index contributed by atoms with van der Waals surface area (Å²) in [5, 5.41) is 0. The highest BCUT2D eigenvalue weighted by atomic mass is 31.2. The van der Waals surface area contributed by atoms with Crippen LogP contribution < -0.4 is 0 Å². The quantitative estimate of drug-likeness (QED) is 0.416. The maximum Gasteiger partial charge on any atom is 0.330 e. The van der Waals surface area contributed by atoms with Crippen LogP contribution >= 0.6 is 7.60 Å². The molecule has 3 nitrogen and oxygen atoms in total. The molecule has 0 heterocycles. The van der Waals surface area contributed by atoms with Crippen molar-refractivity contribution >= 4 is 7.60 Å². The number of hydrogen-bond donors (Lipinski definition) is 0. The van der Waals surface area contributed by atoms with Crippen LogP contribution in [-0.2, 0) is 20.0 Å².